The maximum atomic E-state index is 13.2. The number of urea groups is 1. The number of rotatable bonds is 5. The highest BCUT2D eigenvalue weighted by Crippen LogP contribution is 2.35. The minimum Gasteiger partial charge on any atom is -0.382 e. The normalized spacial score (nSPS) is 14.5. The number of nitrogen functional groups attached to an aromatic ring is 1. The van der Waals surface area contributed by atoms with Crippen molar-refractivity contribution < 1.29 is 22.7 Å². The number of ether oxygens (including phenoxy) is 1. The molecule has 9 nitrogen and oxygen atoms in total. The van der Waals surface area contributed by atoms with Crippen LogP contribution in [0.2, 0.25) is 0 Å². The second kappa shape index (κ2) is 10.7. The third-order valence-corrected chi connectivity index (χ3v) is 7.07. The Bertz CT molecular complexity index is 1470. The standard InChI is InChI=1S/C25H23F3IN7O2/c26-25(27,28)20-11-17(5-6-21(20)29)34-24(37)33-16-3-1-15(2-4-16)19-12-18(13-35-7-9-38-10-8-35)36-22(19)23(30)31-14-32-36/h1-6,11-12,14H,7-10,13H2,(H2,30,31,32)(H2,33,34,37). The number of nitrogens with two attached hydrogens (primary N) is 1. The molecule has 198 valence electrons. The van der Waals surface area contributed by atoms with Crippen molar-refractivity contribution in [3.05, 3.63) is 69.7 Å². The number of carbonyl (C=O) groups excluding carboxylic acids is 1. The van der Waals surface area contributed by atoms with Gasteiger partial charge in [-0.2, -0.15) is 18.3 Å². The first kappa shape index (κ1) is 26.2. The molecule has 5 rings (SSSR count). The molecule has 4 aromatic rings. The Kier molecular flexibility index (Phi) is 7.40. The number of fused-ring (bicyclic) bond motifs is 1. The van der Waals surface area contributed by atoms with E-state index in [1.165, 1.54) is 18.5 Å². The number of carbonyl (C=O) groups is 1. The fourth-order valence-corrected chi connectivity index (χ4v) is 4.94. The lowest BCUT2D eigenvalue weighted by atomic mass is 10.1. The third-order valence-electron chi connectivity index (χ3n) is 6.13. The van der Waals surface area contributed by atoms with E-state index >= 15 is 0 Å². The van der Waals surface area contributed by atoms with Crippen molar-refractivity contribution in [2.45, 2.75) is 12.7 Å². The van der Waals surface area contributed by atoms with E-state index in [0.29, 0.717) is 36.8 Å². The van der Waals surface area contributed by atoms with Crippen molar-refractivity contribution in [2.24, 2.45) is 0 Å². The Morgan fingerprint density at radius 2 is 1.74 bits per heavy atom. The number of aromatic nitrogens is 3. The highest BCUT2D eigenvalue weighted by molar-refractivity contribution is 14.1. The summed E-state index contributed by atoms with van der Waals surface area (Å²) in [6, 6.07) is 12.0. The number of benzene rings is 2. The maximum absolute atomic E-state index is 13.2. The molecule has 1 aliphatic heterocycles. The van der Waals surface area contributed by atoms with Crippen LogP contribution in [0.1, 0.15) is 11.3 Å². The lowest BCUT2D eigenvalue weighted by Gasteiger charge is -2.26. The van der Waals surface area contributed by atoms with Gasteiger partial charge in [-0.05, 0) is 64.6 Å². The molecule has 0 spiro atoms. The van der Waals surface area contributed by atoms with Crippen LogP contribution in [0.5, 0.6) is 0 Å². The van der Waals surface area contributed by atoms with Crippen LogP contribution >= 0.6 is 22.6 Å². The third kappa shape index (κ3) is 5.68. The van der Waals surface area contributed by atoms with Gasteiger partial charge in [0.2, 0.25) is 0 Å². The zero-order valence-corrected chi connectivity index (χ0v) is 22.1. The predicted octanol–water partition coefficient (Wildman–Crippen LogP) is 5.08. The van der Waals surface area contributed by atoms with Crippen molar-refractivity contribution in [2.75, 3.05) is 42.7 Å². The summed E-state index contributed by atoms with van der Waals surface area (Å²) in [7, 11) is 0. The Morgan fingerprint density at radius 3 is 2.45 bits per heavy atom. The van der Waals surface area contributed by atoms with E-state index in [1.807, 2.05) is 18.2 Å². The molecule has 1 fully saturated rings. The van der Waals surface area contributed by atoms with Crippen molar-refractivity contribution >= 4 is 51.3 Å². The first-order valence-electron chi connectivity index (χ1n) is 11.7. The molecule has 1 aliphatic rings. The predicted molar refractivity (Wildman–Crippen MR) is 146 cm³/mol. The number of amides is 2. The molecule has 13 heteroatoms. The summed E-state index contributed by atoms with van der Waals surface area (Å²) in [4.78, 5) is 18.9. The molecular weight excluding hydrogens is 614 g/mol. The summed E-state index contributed by atoms with van der Waals surface area (Å²) < 4.78 is 46.8. The molecular formula is C25H23F3IN7O2. The van der Waals surface area contributed by atoms with E-state index < -0.39 is 17.8 Å². The van der Waals surface area contributed by atoms with E-state index in [9.17, 15) is 18.0 Å². The van der Waals surface area contributed by atoms with Gasteiger partial charge in [-0.25, -0.2) is 14.3 Å². The maximum Gasteiger partial charge on any atom is 0.417 e. The van der Waals surface area contributed by atoms with Crippen molar-refractivity contribution in [1.29, 1.82) is 0 Å². The molecule has 38 heavy (non-hydrogen) atoms. The van der Waals surface area contributed by atoms with Crippen LogP contribution in [0.3, 0.4) is 0 Å². The van der Waals surface area contributed by atoms with Crippen LogP contribution in [-0.4, -0.2) is 51.8 Å². The van der Waals surface area contributed by atoms with Gasteiger partial charge < -0.3 is 21.1 Å². The summed E-state index contributed by atoms with van der Waals surface area (Å²) in [5.74, 6) is 0.348. The summed E-state index contributed by atoms with van der Waals surface area (Å²) in [6.07, 6.45) is -3.09. The second-order valence-corrected chi connectivity index (χ2v) is 9.85. The molecule has 0 bridgehead atoms. The summed E-state index contributed by atoms with van der Waals surface area (Å²) in [5.41, 5.74) is 9.25. The zero-order chi connectivity index (χ0) is 26.9. The minimum absolute atomic E-state index is 0.0374. The second-order valence-electron chi connectivity index (χ2n) is 8.69. The number of halogens is 4. The lowest BCUT2D eigenvalue weighted by molar-refractivity contribution is -0.138. The van der Waals surface area contributed by atoms with Gasteiger partial charge in [0.1, 0.15) is 11.8 Å². The fourth-order valence-electron chi connectivity index (χ4n) is 4.30. The molecule has 0 atom stereocenters. The quantitative estimate of drug-likeness (QED) is 0.264. The van der Waals surface area contributed by atoms with Crippen molar-refractivity contribution in [1.82, 2.24) is 19.5 Å². The average Bonchev–Trinajstić information content (AvgIpc) is 3.25. The Balaban J connectivity index is 1.33. The first-order chi connectivity index (χ1) is 18.2. The van der Waals surface area contributed by atoms with Crippen LogP contribution in [-0.2, 0) is 17.5 Å². The number of anilines is 3. The van der Waals surface area contributed by atoms with Crippen LogP contribution in [0.4, 0.5) is 35.2 Å². The molecule has 0 saturated carbocycles. The largest absolute Gasteiger partial charge is 0.417 e. The van der Waals surface area contributed by atoms with Gasteiger partial charge in [-0.1, -0.05) is 12.1 Å². The molecule has 0 aliphatic carbocycles. The monoisotopic (exact) mass is 637 g/mol. The molecule has 0 radical (unpaired) electrons. The van der Waals surface area contributed by atoms with Crippen LogP contribution in [0.25, 0.3) is 16.6 Å². The fraction of sp³-hybridized carbons (Fsp3) is 0.240. The van der Waals surface area contributed by atoms with Gasteiger partial charge in [0.25, 0.3) is 0 Å². The minimum atomic E-state index is -4.51. The van der Waals surface area contributed by atoms with Crippen LogP contribution in [0, 0.1) is 3.57 Å². The van der Waals surface area contributed by atoms with Gasteiger partial charge in [-0.3, -0.25) is 4.90 Å². The first-order valence-corrected chi connectivity index (χ1v) is 12.7. The number of alkyl halides is 3. The van der Waals surface area contributed by atoms with E-state index in [2.05, 4.69) is 25.6 Å². The zero-order valence-electron chi connectivity index (χ0n) is 19.9. The summed E-state index contributed by atoms with van der Waals surface area (Å²) in [5, 5.41) is 9.50. The number of hydrogen-bond acceptors (Lipinski definition) is 6. The van der Waals surface area contributed by atoms with Gasteiger partial charge in [-0.15, -0.1) is 0 Å². The van der Waals surface area contributed by atoms with E-state index in [0.717, 1.165) is 36.0 Å². The molecule has 2 aromatic heterocycles. The molecule has 2 amide bonds. The molecule has 2 aromatic carbocycles. The number of nitrogens with one attached hydrogen (secondary N) is 2. The topological polar surface area (TPSA) is 110 Å². The number of morpholine rings is 1. The van der Waals surface area contributed by atoms with E-state index in [4.69, 9.17) is 10.5 Å². The lowest BCUT2D eigenvalue weighted by Crippen LogP contribution is -2.36. The molecule has 1 saturated heterocycles. The smallest absolute Gasteiger partial charge is 0.382 e. The van der Waals surface area contributed by atoms with E-state index in [-0.39, 0.29) is 9.26 Å². The summed E-state index contributed by atoms with van der Waals surface area (Å²) >= 11 is 1.61. The Morgan fingerprint density at radius 1 is 1.05 bits per heavy atom. The number of hydrogen-bond donors (Lipinski definition) is 3. The van der Waals surface area contributed by atoms with E-state index in [1.54, 1.807) is 39.2 Å². The van der Waals surface area contributed by atoms with Crippen LogP contribution in [0.15, 0.2) is 54.9 Å². The Labute approximate surface area is 229 Å². The van der Waals surface area contributed by atoms with Gasteiger partial charge >= 0.3 is 12.2 Å². The highest BCUT2D eigenvalue weighted by atomic mass is 127. The molecule has 3 heterocycles. The number of nitrogens with zero attached hydrogens (tertiary/aromatic N) is 4. The van der Waals surface area contributed by atoms with Crippen molar-refractivity contribution in [3.8, 4) is 11.1 Å². The van der Waals surface area contributed by atoms with Crippen LogP contribution < -0.4 is 16.4 Å². The van der Waals surface area contributed by atoms with Gasteiger partial charge in [0, 0.05) is 40.1 Å². The SMILES string of the molecule is Nc1ncnn2c(CN3CCOCC3)cc(-c3ccc(NC(=O)Nc4ccc(I)c(C(F)(F)F)c4)cc3)c12. The summed E-state index contributed by atoms with van der Waals surface area (Å²) in [6.45, 7) is 3.69. The Hall–Kier alpha value is -3.43. The highest BCUT2D eigenvalue weighted by Gasteiger charge is 2.33. The molecule has 0 unspecified atom stereocenters. The van der Waals surface area contributed by atoms with Crippen molar-refractivity contribution in [3.63, 3.8) is 0 Å². The molecule has 4 N–H and O–H groups in total. The van der Waals surface area contributed by atoms with Gasteiger partial charge in [0.05, 0.1) is 24.5 Å². The van der Waals surface area contributed by atoms with Gasteiger partial charge in [0.15, 0.2) is 5.82 Å². The average molecular weight is 637 g/mol.